The third-order valence-corrected chi connectivity index (χ3v) is 2.84. The second-order valence-corrected chi connectivity index (χ2v) is 3.96. The molecule has 0 spiro atoms. The summed E-state index contributed by atoms with van der Waals surface area (Å²) in [7, 11) is 6.84. The molecule has 0 amide bonds. The van der Waals surface area contributed by atoms with Crippen LogP contribution in [0.15, 0.2) is 27.6 Å². The molecule has 0 aromatic heterocycles. The van der Waals surface area contributed by atoms with Gasteiger partial charge in [-0.15, -0.1) is 0 Å². The molecule has 0 atom stereocenters. The molecule has 0 saturated heterocycles. The molecule has 12 heavy (non-hydrogen) atoms. The predicted molar refractivity (Wildman–Crippen MR) is 61.9 cm³/mol. The molecular weight excluding hydrogens is 256 g/mol. The van der Waals surface area contributed by atoms with Gasteiger partial charge in [0.2, 0.25) is 0 Å². The zero-order valence-electron chi connectivity index (χ0n) is 7.40. The van der Waals surface area contributed by atoms with Gasteiger partial charge in [-0.3, -0.25) is 0 Å². The summed E-state index contributed by atoms with van der Waals surface area (Å²) in [5, 5.41) is 0. The molecule has 1 aromatic carbocycles. The second-order valence-electron chi connectivity index (χ2n) is 1.99. The summed E-state index contributed by atoms with van der Waals surface area (Å²) in [5.41, 5.74) is 1.20. The molecule has 0 fully saturated rings. The summed E-state index contributed by atoms with van der Waals surface area (Å²) in [6.45, 7) is 6.04. The summed E-state index contributed by atoms with van der Waals surface area (Å²) >= 11 is 3.37. The van der Waals surface area contributed by atoms with Gasteiger partial charge >= 0.3 is 0 Å². The lowest BCUT2D eigenvalue weighted by Crippen LogP contribution is -1.75. The van der Waals surface area contributed by atoms with Gasteiger partial charge in [-0.05, 0) is 52.3 Å². The third-order valence-electron chi connectivity index (χ3n) is 1.22. The highest BCUT2D eigenvalue weighted by Crippen LogP contribution is 2.27. The van der Waals surface area contributed by atoms with Crippen molar-refractivity contribution in [1.29, 1.82) is 0 Å². The van der Waals surface area contributed by atoms with Crippen LogP contribution < -0.4 is 0 Å². The van der Waals surface area contributed by atoms with Crippen LogP contribution in [0.2, 0.25) is 0 Å². The molecule has 68 valence electrons. The predicted octanol–water partition coefficient (Wildman–Crippen LogP) is 5.03. The average Bonchev–Trinajstić information content (AvgIpc) is 2.08. The van der Waals surface area contributed by atoms with E-state index < -0.39 is 0 Å². The molecule has 3 heteroatoms. The lowest BCUT2D eigenvalue weighted by molar-refractivity contribution is 1.30. The van der Waals surface area contributed by atoms with Crippen LogP contribution in [0, 0.1) is 6.92 Å². The van der Waals surface area contributed by atoms with E-state index in [2.05, 4.69) is 15.9 Å². The molecule has 0 heterocycles. The Morgan fingerprint density at radius 3 is 2.33 bits per heavy atom. The van der Waals surface area contributed by atoms with Crippen molar-refractivity contribution < 1.29 is 0 Å². The second kappa shape index (κ2) is 6.81. The number of rotatable bonds is 1. The zero-order chi connectivity index (χ0) is 9.56. The Kier molecular flexibility index (Phi) is 7.01. The van der Waals surface area contributed by atoms with Crippen LogP contribution in [0.3, 0.4) is 0 Å². The molecule has 0 aliphatic rings. The van der Waals surface area contributed by atoms with Crippen molar-refractivity contribution in [2.75, 3.05) is 0 Å². The van der Waals surface area contributed by atoms with Crippen molar-refractivity contribution in [2.24, 2.45) is 0 Å². The van der Waals surface area contributed by atoms with Crippen molar-refractivity contribution in [2.45, 2.75) is 25.7 Å². The van der Waals surface area contributed by atoms with Crippen LogP contribution in [-0.4, -0.2) is 0 Å². The number of aryl methyl sites for hydroxylation is 1. The fourth-order valence-corrected chi connectivity index (χ4v) is 1.99. The molecule has 0 N–H and O–H groups in total. The largest absolute Gasteiger partial charge is 0.0683 e. The summed E-state index contributed by atoms with van der Waals surface area (Å²) in [4.78, 5) is 1.12. The molecule has 0 radical (unpaired) electrons. The monoisotopic (exact) mass is 266 g/mol. The summed E-state index contributed by atoms with van der Waals surface area (Å²) in [5.74, 6) is 0. The minimum Gasteiger partial charge on any atom is -0.0683 e. The van der Waals surface area contributed by atoms with Crippen LogP contribution in [0.1, 0.15) is 19.4 Å². The van der Waals surface area contributed by atoms with E-state index in [0.29, 0.717) is 0 Å². The average molecular weight is 268 g/mol. The van der Waals surface area contributed by atoms with E-state index in [-0.39, 0.29) is 0 Å². The summed E-state index contributed by atoms with van der Waals surface area (Å²) in [6, 6.07) is 6.03. The highest BCUT2D eigenvalue weighted by molar-refractivity contribution is 9.10. The standard InChI is InChI=1S/C7H6BrClS.C2H6/c1-5-4-6(8)2-3-7(5)10-9;1-2/h2-4H,1H3;1-2H3. The Hall–Kier alpha value is 0.340. The molecule has 0 aliphatic carbocycles. The molecule has 0 nitrogen and oxygen atoms in total. The van der Waals surface area contributed by atoms with Crippen molar-refractivity contribution >= 4 is 37.6 Å². The Morgan fingerprint density at radius 2 is 1.92 bits per heavy atom. The number of benzene rings is 1. The fraction of sp³-hybridized carbons (Fsp3) is 0.333. The van der Waals surface area contributed by atoms with E-state index >= 15 is 0 Å². The molecule has 0 bridgehead atoms. The van der Waals surface area contributed by atoms with E-state index in [1.807, 2.05) is 39.0 Å². The highest BCUT2D eigenvalue weighted by atomic mass is 79.9. The van der Waals surface area contributed by atoms with Gasteiger partial charge in [0.15, 0.2) is 0 Å². The van der Waals surface area contributed by atoms with Crippen LogP contribution in [0.25, 0.3) is 0 Å². The Bertz CT molecular complexity index is 238. The van der Waals surface area contributed by atoms with Gasteiger partial charge in [-0.25, -0.2) is 0 Å². The summed E-state index contributed by atoms with van der Waals surface area (Å²) in [6.07, 6.45) is 0. The lowest BCUT2D eigenvalue weighted by Gasteiger charge is -1.99. The first-order chi connectivity index (χ1) is 5.74. The molecule has 0 unspecified atom stereocenters. The zero-order valence-corrected chi connectivity index (χ0v) is 10.6. The van der Waals surface area contributed by atoms with Crippen molar-refractivity contribution in [3.05, 3.63) is 28.2 Å². The van der Waals surface area contributed by atoms with E-state index in [0.717, 1.165) is 9.37 Å². The first-order valence-corrected chi connectivity index (χ1v) is 6.22. The first-order valence-electron chi connectivity index (χ1n) is 3.79. The molecule has 1 aromatic rings. The quantitative estimate of drug-likeness (QED) is 0.688. The Morgan fingerprint density at radius 1 is 1.33 bits per heavy atom. The number of halogens is 2. The first kappa shape index (κ1) is 12.3. The van der Waals surface area contributed by atoms with Crippen LogP contribution in [0.5, 0.6) is 0 Å². The van der Waals surface area contributed by atoms with Crippen LogP contribution in [0.4, 0.5) is 0 Å². The van der Waals surface area contributed by atoms with Crippen LogP contribution >= 0.6 is 37.6 Å². The van der Waals surface area contributed by atoms with Gasteiger partial charge in [0.05, 0.1) is 0 Å². The van der Waals surface area contributed by atoms with Gasteiger partial charge in [-0.2, -0.15) is 0 Å². The van der Waals surface area contributed by atoms with Gasteiger partial charge in [0.25, 0.3) is 0 Å². The van der Waals surface area contributed by atoms with Crippen molar-refractivity contribution in [1.82, 2.24) is 0 Å². The Balaban J connectivity index is 0.000000561. The smallest absolute Gasteiger partial charge is 0.0263 e. The summed E-state index contributed by atoms with van der Waals surface area (Å²) < 4.78 is 1.10. The molecule has 0 aliphatic heterocycles. The SMILES string of the molecule is CC.Cc1cc(Br)ccc1SCl. The van der Waals surface area contributed by atoms with E-state index in [1.165, 1.54) is 16.5 Å². The maximum Gasteiger partial charge on any atom is 0.0263 e. The van der Waals surface area contributed by atoms with E-state index in [1.54, 1.807) is 0 Å². The molecule has 1 rings (SSSR count). The topological polar surface area (TPSA) is 0 Å². The van der Waals surface area contributed by atoms with Gasteiger partial charge in [0.1, 0.15) is 0 Å². The van der Waals surface area contributed by atoms with Gasteiger partial charge in [0, 0.05) is 9.37 Å². The van der Waals surface area contributed by atoms with Crippen LogP contribution in [-0.2, 0) is 0 Å². The molecular formula is C9H12BrClS. The third kappa shape index (κ3) is 3.83. The number of hydrogen-bond donors (Lipinski definition) is 0. The minimum absolute atomic E-state index is 1.10. The van der Waals surface area contributed by atoms with Crippen molar-refractivity contribution in [3.63, 3.8) is 0 Å². The van der Waals surface area contributed by atoms with E-state index in [4.69, 9.17) is 10.7 Å². The normalized spacial score (nSPS) is 8.75. The Labute approximate surface area is 91.3 Å². The maximum atomic E-state index is 5.59. The van der Waals surface area contributed by atoms with E-state index in [9.17, 15) is 0 Å². The number of hydrogen-bond acceptors (Lipinski definition) is 1. The minimum atomic E-state index is 1.10. The fourth-order valence-electron chi connectivity index (χ4n) is 0.699. The lowest BCUT2D eigenvalue weighted by atomic mass is 10.2. The highest BCUT2D eigenvalue weighted by Gasteiger charge is 1.96. The maximum absolute atomic E-state index is 5.59. The van der Waals surface area contributed by atoms with Crippen molar-refractivity contribution in [3.8, 4) is 0 Å². The van der Waals surface area contributed by atoms with Gasteiger partial charge < -0.3 is 0 Å². The van der Waals surface area contributed by atoms with Gasteiger partial charge in [-0.1, -0.05) is 29.8 Å². The molecule has 0 saturated carbocycles.